The van der Waals surface area contributed by atoms with Gasteiger partial charge in [0.15, 0.2) is 0 Å². The largest absolute Gasteiger partial charge is 0.330 e. The molecule has 94 valence electrons. The number of hydrogen-bond acceptors (Lipinski definition) is 1. The average Bonchev–Trinajstić information content (AvgIpc) is 2.35. The smallest absolute Gasteiger partial charge is 0.144 e. The van der Waals surface area contributed by atoms with Gasteiger partial charge in [0.25, 0.3) is 0 Å². The van der Waals surface area contributed by atoms with Crippen LogP contribution in [0.2, 0.25) is 0 Å². The van der Waals surface area contributed by atoms with Crippen molar-refractivity contribution < 1.29 is 8.78 Å². The van der Waals surface area contributed by atoms with Crippen LogP contribution in [-0.4, -0.2) is 6.54 Å². The molecule has 0 bridgehead atoms. The Morgan fingerprint density at radius 2 is 1.82 bits per heavy atom. The molecule has 0 heterocycles. The fourth-order valence-corrected chi connectivity index (χ4v) is 3.13. The zero-order valence-electron chi connectivity index (χ0n) is 9.61. The van der Waals surface area contributed by atoms with Gasteiger partial charge in [0.1, 0.15) is 11.6 Å². The van der Waals surface area contributed by atoms with Gasteiger partial charge in [-0.15, -0.1) is 0 Å². The van der Waals surface area contributed by atoms with Crippen molar-refractivity contribution in [1.29, 1.82) is 0 Å². The van der Waals surface area contributed by atoms with Crippen LogP contribution in [0.4, 0.5) is 8.78 Å². The fraction of sp³-hybridized carbons (Fsp3) is 0.538. The van der Waals surface area contributed by atoms with Crippen LogP contribution < -0.4 is 5.73 Å². The van der Waals surface area contributed by atoms with Crippen LogP contribution >= 0.6 is 15.9 Å². The summed E-state index contributed by atoms with van der Waals surface area (Å²) in [4.78, 5) is 0. The number of hydrogen-bond donors (Lipinski definition) is 1. The first-order chi connectivity index (χ1) is 8.10. The quantitative estimate of drug-likeness (QED) is 0.824. The van der Waals surface area contributed by atoms with E-state index in [1.165, 1.54) is 12.1 Å². The van der Waals surface area contributed by atoms with E-state index in [1.54, 1.807) is 0 Å². The lowest BCUT2D eigenvalue weighted by atomic mass is 9.69. The van der Waals surface area contributed by atoms with Crippen LogP contribution in [0.25, 0.3) is 0 Å². The molecule has 0 atom stereocenters. The van der Waals surface area contributed by atoms with Gasteiger partial charge in [-0.05, 0) is 40.9 Å². The molecular formula is C13H16BrF2N. The zero-order chi connectivity index (χ0) is 12.5. The van der Waals surface area contributed by atoms with Gasteiger partial charge in [-0.1, -0.05) is 19.3 Å². The first-order valence-corrected chi connectivity index (χ1v) is 6.74. The molecule has 0 amide bonds. The predicted octanol–water partition coefficient (Wildman–Crippen LogP) is 3.89. The minimum atomic E-state index is -0.518. The van der Waals surface area contributed by atoms with E-state index in [-0.39, 0.29) is 5.56 Å². The van der Waals surface area contributed by atoms with E-state index in [9.17, 15) is 8.78 Å². The van der Waals surface area contributed by atoms with E-state index in [0.29, 0.717) is 11.0 Å². The molecule has 1 aliphatic carbocycles. The lowest BCUT2D eigenvalue weighted by Gasteiger charge is -2.37. The molecule has 0 saturated heterocycles. The Morgan fingerprint density at radius 1 is 1.18 bits per heavy atom. The second-order valence-corrected chi connectivity index (χ2v) is 5.62. The van der Waals surface area contributed by atoms with E-state index < -0.39 is 17.0 Å². The maximum Gasteiger partial charge on any atom is 0.144 e. The molecule has 0 unspecified atom stereocenters. The van der Waals surface area contributed by atoms with Crippen molar-refractivity contribution in [1.82, 2.24) is 0 Å². The van der Waals surface area contributed by atoms with E-state index in [4.69, 9.17) is 5.73 Å². The molecule has 0 spiro atoms. The third-order valence-corrected chi connectivity index (χ3v) is 4.39. The molecule has 2 N–H and O–H groups in total. The van der Waals surface area contributed by atoms with Crippen LogP contribution in [0.3, 0.4) is 0 Å². The Balaban J connectivity index is 2.53. The minimum Gasteiger partial charge on any atom is -0.330 e. The first-order valence-electron chi connectivity index (χ1n) is 5.95. The molecular weight excluding hydrogens is 288 g/mol. The van der Waals surface area contributed by atoms with Gasteiger partial charge in [-0.3, -0.25) is 0 Å². The van der Waals surface area contributed by atoms with Crippen molar-refractivity contribution in [2.24, 2.45) is 5.73 Å². The summed E-state index contributed by atoms with van der Waals surface area (Å²) in [6.45, 7) is 0.303. The highest BCUT2D eigenvalue weighted by atomic mass is 79.9. The summed E-state index contributed by atoms with van der Waals surface area (Å²) in [6.07, 6.45) is 4.64. The van der Waals surface area contributed by atoms with Crippen molar-refractivity contribution in [3.63, 3.8) is 0 Å². The summed E-state index contributed by atoms with van der Waals surface area (Å²) in [5.41, 5.74) is 5.47. The van der Waals surface area contributed by atoms with E-state index >= 15 is 0 Å². The molecule has 0 radical (unpaired) electrons. The fourth-order valence-electron chi connectivity index (χ4n) is 2.80. The summed E-state index contributed by atoms with van der Waals surface area (Å²) in [5, 5.41) is 0. The molecule has 0 aliphatic heterocycles. The van der Waals surface area contributed by atoms with Crippen molar-refractivity contribution in [2.75, 3.05) is 6.54 Å². The van der Waals surface area contributed by atoms with Gasteiger partial charge in [-0.25, -0.2) is 8.78 Å². The van der Waals surface area contributed by atoms with Crippen molar-refractivity contribution in [3.05, 3.63) is 33.8 Å². The Labute approximate surface area is 109 Å². The second-order valence-electron chi connectivity index (χ2n) is 4.76. The van der Waals surface area contributed by atoms with E-state index in [2.05, 4.69) is 15.9 Å². The molecule has 1 aromatic carbocycles. The molecule has 1 aliphatic rings. The van der Waals surface area contributed by atoms with Gasteiger partial charge in [-0.2, -0.15) is 0 Å². The highest BCUT2D eigenvalue weighted by Gasteiger charge is 2.37. The number of benzene rings is 1. The van der Waals surface area contributed by atoms with Crippen LogP contribution in [0, 0.1) is 11.6 Å². The molecule has 1 saturated carbocycles. The highest BCUT2D eigenvalue weighted by molar-refractivity contribution is 9.10. The highest BCUT2D eigenvalue weighted by Crippen LogP contribution is 2.42. The molecule has 4 heteroatoms. The summed E-state index contributed by atoms with van der Waals surface area (Å²) >= 11 is 3.12. The summed E-state index contributed by atoms with van der Waals surface area (Å²) in [7, 11) is 0. The minimum absolute atomic E-state index is 0.175. The zero-order valence-corrected chi connectivity index (χ0v) is 11.2. The third kappa shape index (κ3) is 2.25. The Morgan fingerprint density at radius 3 is 2.41 bits per heavy atom. The SMILES string of the molecule is NCC1(c2c(F)ccc(Br)c2F)CCCCC1. The summed E-state index contributed by atoms with van der Waals surface area (Å²) in [6, 6.07) is 2.72. The van der Waals surface area contributed by atoms with Crippen LogP contribution in [-0.2, 0) is 5.41 Å². The average molecular weight is 304 g/mol. The van der Waals surface area contributed by atoms with E-state index in [1.807, 2.05) is 0 Å². The maximum atomic E-state index is 14.1. The lowest BCUT2D eigenvalue weighted by Crippen LogP contribution is -2.39. The summed E-state index contributed by atoms with van der Waals surface area (Å²) in [5.74, 6) is -0.963. The normalized spacial score (nSPS) is 19.3. The molecule has 1 nitrogen and oxygen atoms in total. The molecule has 2 rings (SSSR count). The molecule has 17 heavy (non-hydrogen) atoms. The first kappa shape index (κ1) is 13.0. The van der Waals surface area contributed by atoms with Gasteiger partial charge < -0.3 is 5.73 Å². The molecule has 1 aromatic rings. The number of rotatable bonds is 2. The van der Waals surface area contributed by atoms with Crippen molar-refractivity contribution in [3.8, 4) is 0 Å². The summed E-state index contributed by atoms with van der Waals surface area (Å²) < 4.78 is 28.4. The van der Waals surface area contributed by atoms with Gasteiger partial charge in [0.2, 0.25) is 0 Å². The van der Waals surface area contributed by atoms with Crippen LogP contribution in [0.5, 0.6) is 0 Å². The third-order valence-electron chi connectivity index (χ3n) is 3.78. The van der Waals surface area contributed by atoms with E-state index in [0.717, 1.165) is 32.1 Å². The number of nitrogens with two attached hydrogens (primary N) is 1. The Hall–Kier alpha value is -0.480. The van der Waals surface area contributed by atoms with Crippen molar-refractivity contribution >= 4 is 15.9 Å². The van der Waals surface area contributed by atoms with Crippen molar-refractivity contribution in [2.45, 2.75) is 37.5 Å². The monoisotopic (exact) mass is 303 g/mol. The number of halogens is 3. The Kier molecular flexibility index (Phi) is 3.83. The molecule has 0 aromatic heterocycles. The maximum absolute atomic E-state index is 14.1. The van der Waals surface area contributed by atoms with Gasteiger partial charge in [0, 0.05) is 17.5 Å². The van der Waals surface area contributed by atoms with Crippen LogP contribution in [0.1, 0.15) is 37.7 Å². The lowest BCUT2D eigenvalue weighted by molar-refractivity contribution is 0.281. The van der Waals surface area contributed by atoms with Gasteiger partial charge >= 0.3 is 0 Å². The molecule has 1 fully saturated rings. The van der Waals surface area contributed by atoms with Crippen LogP contribution in [0.15, 0.2) is 16.6 Å². The van der Waals surface area contributed by atoms with Gasteiger partial charge in [0.05, 0.1) is 4.47 Å². The standard InChI is InChI=1S/C13H16BrF2N/c14-9-4-5-10(15)11(12(9)16)13(8-17)6-2-1-3-7-13/h4-5H,1-3,6-8,17H2. The topological polar surface area (TPSA) is 26.0 Å². The Bertz CT molecular complexity index is 414. The second kappa shape index (κ2) is 5.02. The predicted molar refractivity (Wildman–Crippen MR) is 67.9 cm³/mol.